The lowest BCUT2D eigenvalue weighted by molar-refractivity contribution is -0.150. The number of aromatic nitrogens is 2. The fourth-order valence-corrected chi connectivity index (χ4v) is 5.23. The molecule has 0 spiro atoms. The summed E-state index contributed by atoms with van der Waals surface area (Å²) in [6.45, 7) is 11.4. The summed E-state index contributed by atoms with van der Waals surface area (Å²) in [6, 6.07) is 8.67. The molecule has 1 aromatic carbocycles. The zero-order valence-corrected chi connectivity index (χ0v) is 20.5. The number of H-pyrrole nitrogens is 1. The molecular weight excluding hydrogens is 414 g/mol. The first-order chi connectivity index (χ1) is 15.5. The lowest BCUT2D eigenvalue weighted by atomic mass is 9.86. The number of fused-ring (bicyclic) bond motifs is 1. The Hall–Kier alpha value is -2.86. The summed E-state index contributed by atoms with van der Waals surface area (Å²) in [5, 5.41) is 10.8. The van der Waals surface area contributed by atoms with Crippen LogP contribution in [0.5, 0.6) is 0 Å². The number of rotatable bonds is 5. The Balaban J connectivity index is 1.70. The van der Waals surface area contributed by atoms with E-state index in [9.17, 15) is 14.7 Å². The molecule has 6 nitrogen and oxygen atoms in total. The molecule has 1 fully saturated rings. The molecule has 0 atom stereocenters. The molecule has 33 heavy (non-hydrogen) atoms. The van der Waals surface area contributed by atoms with Crippen LogP contribution >= 0.6 is 0 Å². The number of aromatic amines is 1. The number of benzene rings is 1. The van der Waals surface area contributed by atoms with Gasteiger partial charge in [-0.1, -0.05) is 19.9 Å². The van der Waals surface area contributed by atoms with Crippen LogP contribution in [0.4, 0.5) is 0 Å². The molecule has 3 heterocycles. The monoisotopic (exact) mass is 449 g/mol. The van der Waals surface area contributed by atoms with Gasteiger partial charge in [0.1, 0.15) is 5.54 Å². The Morgan fingerprint density at radius 2 is 1.85 bits per heavy atom. The fraction of sp³-hybridized carbons (Fsp3) is 0.481. The molecule has 0 unspecified atom stereocenters. The lowest BCUT2D eigenvalue weighted by Crippen LogP contribution is -2.52. The average Bonchev–Trinajstić information content (AvgIpc) is 3.16. The quantitative estimate of drug-likeness (QED) is 0.574. The predicted octanol–water partition coefficient (Wildman–Crippen LogP) is 5.01. The number of aryl methyl sites for hydroxylation is 2. The largest absolute Gasteiger partial charge is 0.480 e. The molecular formula is C27H35N3O3. The first kappa shape index (κ1) is 23.3. The minimum atomic E-state index is -0.830. The van der Waals surface area contributed by atoms with Gasteiger partial charge in [-0.25, -0.2) is 0 Å². The van der Waals surface area contributed by atoms with Gasteiger partial charge in [-0.05, 0) is 87.9 Å². The smallest absolute Gasteiger partial charge is 0.323 e. The second-order valence-corrected chi connectivity index (χ2v) is 10.3. The molecule has 0 aliphatic carbocycles. The van der Waals surface area contributed by atoms with E-state index in [4.69, 9.17) is 0 Å². The van der Waals surface area contributed by atoms with Crippen molar-refractivity contribution in [3.05, 3.63) is 57.5 Å². The van der Waals surface area contributed by atoms with Crippen LogP contribution in [0.2, 0.25) is 0 Å². The summed E-state index contributed by atoms with van der Waals surface area (Å²) in [6.07, 6.45) is 3.82. The van der Waals surface area contributed by atoms with Crippen molar-refractivity contribution in [3.8, 4) is 11.3 Å². The van der Waals surface area contributed by atoms with Gasteiger partial charge in [-0.3, -0.25) is 14.5 Å². The second-order valence-electron chi connectivity index (χ2n) is 10.3. The van der Waals surface area contributed by atoms with Gasteiger partial charge in [-0.2, -0.15) is 0 Å². The van der Waals surface area contributed by atoms with E-state index in [0.29, 0.717) is 11.8 Å². The van der Waals surface area contributed by atoms with Crippen LogP contribution in [0.25, 0.3) is 22.2 Å². The topological polar surface area (TPSA) is 78.3 Å². The first-order valence-corrected chi connectivity index (χ1v) is 11.8. The van der Waals surface area contributed by atoms with Gasteiger partial charge < -0.3 is 14.7 Å². The number of nitrogens with zero attached hydrogens (tertiary/aromatic N) is 2. The van der Waals surface area contributed by atoms with Gasteiger partial charge in [-0.15, -0.1) is 0 Å². The highest BCUT2D eigenvalue weighted by atomic mass is 16.4. The predicted molar refractivity (Wildman–Crippen MR) is 133 cm³/mol. The van der Waals surface area contributed by atoms with Crippen molar-refractivity contribution >= 4 is 16.9 Å². The number of aliphatic carboxylic acids is 1. The number of nitrogens with one attached hydrogen (secondary N) is 1. The van der Waals surface area contributed by atoms with E-state index in [1.807, 2.05) is 19.2 Å². The highest BCUT2D eigenvalue weighted by molar-refractivity contribution is 5.92. The number of carboxylic acid groups (broad SMARTS) is 1. The number of carbonyl (C=O) groups is 1. The van der Waals surface area contributed by atoms with Crippen LogP contribution in [-0.2, 0) is 11.8 Å². The zero-order valence-electron chi connectivity index (χ0n) is 20.5. The van der Waals surface area contributed by atoms with Crippen LogP contribution in [-0.4, -0.2) is 44.2 Å². The molecule has 1 aliphatic rings. The van der Waals surface area contributed by atoms with Crippen LogP contribution in [0.15, 0.2) is 35.3 Å². The Bertz CT molecular complexity index is 1230. The minimum Gasteiger partial charge on any atom is -0.480 e. The van der Waals surface area contributed by atoms with E-state index in [-0.39, 0.29) is 5.56 Å². The van der Waals surface area contributed by atoms with Crippen molar-refractivity contribution < 1.29 is 9.90 Å². The zero-order chi connectivity index (χ0) is 24.1. The Morgan fingerprint density at radius 3 is 2.42 bits per heavy atom. The maximum absolute atomic E-state index is 12.2. The summed E-state index contributed by atoms with van der Waals surface area (Å²) in [4.78, 5) is 29.5. The molecule has 176 valence electrons. The minimum absolute atomic E-state index is 0.0284. The SMILES string of the molecule is Cc1cc(-c2[nH]c3ccc(C4CCN(C(C)(C)C(=O)O)CC4)cc3c2C(C)C)cn(C)c1=O. The van der Waals surface area contributed by atoms with Crippen molar-refractivity contribution in [1.29, 1.82) is 0 Å². The van der Waals surface area contributed by atoms with Crippen LogP contribution in [0.3, 0.4) is 0 Å². The summed E-state index contributed by atoms with van der Waals surface area (Å²) in [7, 11) is 1.80. The van der Waals surface area contributed by atoms with Gasteiger partial charge in [0.25, 0.3) is 5.56 Å². The van der Waals surface area contributed by atoms with Gasteiger partial charge in [0.2, 0.25) is 0 Å². The number of likely N-dealkylation sites (tertiary alicyclic amines) is 1. The molecule has 2 N–H and O–H groups in total. The van der Waals surface area contributed by atoms with Gasteiger partial charge in [0, 0.05) is 35.3 Å². The van der Waals surface area contributed by atoms with Crippen molar-refractivity contribution in [2.75, 3.05) is 13.1 Å². The van der Waals surface area contributed by atoms with Crippen molar-refractivity contribution in [2.45, 2.75) is 64.8 Å². The van der Waals surface area contributed by atoms with E-state index in [0.717, 1.165) is 48.3 Å². The maximum Gasteiger partial charge on any atom is 0.323 e. The normalized spacial score (nSPS) is 16.1. The second kappa shape index (κ2) is 8.49. The Morgan fingerprint density at radius 1 is 1.18 bits per heavy atom. The average molecular weight is 450 g/mol. The fourth-order valence-electron chi connectivity index (χ4n) is 5.23. The number of pyridine rings is 1. The summed E-state index contributed by atoms with van der Waals surface area (Å²) >= 11 is 0. The number of hydrogen-bond donors (Lipinski definition) is 2. The lowest BCUT2D eigenvalue weighted by Gasteiger charge is -2.40. The van der Waals surface area contributed by atoms with Crippen molar-refractivity contribution in [2.24, 2.45) is 7.05 Å². The molecule has 2 aromatic heterocycles. The van der Waals surface area contributed by atoms with E-state index < -0.39 is 11.5 Å². The van der Waals surface area contributed by atoms with Crippen LogP contribution in [0.1, 0.15) is 69.1 Å². The highest BCUT2D eigenvalue weighted by Crippen LogP contribution is 2.38. The Labute approximate surface area is 195 Å². The number of carboxylic acids is 1. The molecule has 1 saturated heterocycles. The van der Waals surface area contributed by atoms with E-state index in [1.54, 1.807) is 25.5 Å². The van der Waals surface area contributed by atoms with E-state index >= 15 is 0 Å². The number of hydrogen-bond acceptors (Lipinski definition) is 3. The molecule has 3 aromatic rings. The summed E-state index contributed by atoms with van der Waals surface area (Å²) in [5.41, 5.74) is 5.74. The maximum atomic E-state index is 12.2. The highest BCUT2D eigenvalue weighted by Gasteiger charge is 2.37. The third-order valence-corrected chi connectivity index (χ3v) is 7.37. The van der Waals surface area contributed by atoms with Crippen LogP contribution in [0, 0.1) is 6.92 Å². The van der Waals surface area contributed by atoms with Crippen molar-refractivity contribution in [3.63, 3.8) is 0 Å². The molecule has 0 bridgehead atoms. The number of piperidine rings is 1. The van der Waals surface area contributed by atoms with Gasteiger partial charge >= 0.3 is 5.97 Å². The van der Waals surface area contributed by atoms with E-state index in [1.165, 1.54) is 16.5 Å². The molecule has 1 aliphatic heterocycles. The molecule has 4 rings (SSSR count). The Kier molecular flexibility index (Phi) is 5.99. The van der Waals surface area contributed by atoms with Crippen molar-refractivity contribution in [1.82, 2.24) is 14.5 Å². The van der Waals surface area contributed by atoms with E-state index in [2.05, 4.69) is 41.9 Å². The van der Waals surface area contributed by atoms with Gasteiger partial charge in [0.15, 0.2) is 0 Å². The third kappa shape index (κ3) is 4.12. The summed E-state index contributed by atoms with van der Waals surface area (Å²) < 4.78 is 1.65. The summed E-state index contributed by atoms with van der Waals surface area (Å²) in [5.74, 6) is -0.0226. The molecule has 0 radical (unpaired) electrons. The standard InChI is InChI=1S/C27H35N3O3/c1-16(2)23-21-14-19(18-9-11-30(12-10-18)27(4,5)26(32)33)7-8-22(21)28-24(23)20-13-17(3)25(31)29(6)15-20/h7-8,13-16,18,28H,9-12H2,1-6H3,(H,32,33). The van der Waals surface area contributed by atoms with Gasteiger partial charge in [0.05, 0.1) is 5.69 Å². The first-order valence-electron chi connectivity index (χ1n) is 11.8. The molecule has 0 amide bonds. The van der Waals surface area contributed by atoms with Crippen LogP contribution < -0.4 is 5.56 Å². The third-order valence-electron chi connectivity index (χ3n) is 7.37. The molecule has 6 heteroatoms. The molecule has 0 saturated carbocycles.